The molecule has 0 aliphatic carbocycles. The molecule has 0 aliphatic rings. The van der Waals surface area contributed by atoms with Gasteiger partial charge in [0.05, 0.1) is 17.6 Å². The molecule has 17 heavy (non-hydrogen) atoms. The van der Waals surface area contributed by atoms with Crippen molar-refractivity contribution in [2.45, 2.75) is 6.54 Å². The lowest BCUT2D eigenvalue weighted by molar-refractivity contribution is 0.509. The lowest BCUT2D eigenvalue weighted by Crippen LogP contribution is -1.95. The van der Waals surface area contributed by atoms with Crippen molar-refractivity contribution in [3.8, 4) is 11.5 Å². The Balaban J connectivity index is 2.11. The molecule has 0 amide bonds. The Morgan fingerprint density at radius 2 is 1.88 bits per heavy atom. The molecule has 0 unspecified atom stereocenters. The summed E-state index contributed by atoms with van der Waals surface area (Å²) in [7, 11) is 0. The average molecular weight is 227 g/mol. The van der Waals surface area contributed by atoms with E-state index in [9.17, 15) is 0 Å². The summed E-state index contributed by atoms with van der Waals surface area (Å²) in [5.41, 5.74) is 7.84. The molecule has 0 fully saturated rings. The summed E-state index contributed by atoms with van der Waals surface area (Å²) in [4.78, 5) is 8.41. The summed E-state index contributed by atoms with van der Waals surface area (Å²) in [6.45, 7) is 0.236. The molecule has 3 rings (SSSR count). The van der Waals surface area contributed by atoms with Crippen LogP contribution in [-0.2, 0) is 6.54 Å². The molecule has 0 saturated heterocycles. The molecule has 2 aromatic heterocycles. The number of benzene rings is 1. The van der Waals surface area contributed by atoms with Crippen molar-refractivity contribution >= 4 is 11.0 Å². The fourth-order valence-electron chi connectivity index (χ4n) is 1.55. The summed E-state index contributed by atoms with van der Waals surface area (Å²) in [5, 5.41) is 7.73. The second-order valence-corrected chi connectivity index (χ2v) is 3.46. The van der Waals surface area contributed by atoms with Crippen LogP contribution in [0.15, 0.2) is 35.0 Å². The van der Waals surface area contributed by atoms with Crippen LogP contribution in [0.3, 0.4) is 0 Å². The van der Waals surface area contributed by atoms with Crippen LogP contribution in [-0.4, -0.2) is 20.2 Å². The van der Waals surface area contributed by atoms with Crippen LogP contribution in [0.25, 0.3) is 22.5 Å². The number of nitrogens with two attached hydrogens (primary N) is 1. The molecule has 6 heteroatoms. The van der Waals surface area contributed by atoms with Gasteiger partial charge in [-0.05, 0) is 18.2 Å². The Morgan fingerprint density at radius 3 is 2.65 bits per heavy atom. The van der Waals surface area contributed by atoms with Gasteiger partial charge in [-0.15, -0.1) is 10.2 Å². The highest BCUT2D eigenvalue weighted by molar-refractivity contribution is 5.78. The fraction of sp³-hybridized carbons (Fsp3) is 0.0909. The molecular formula is C11H9N5O. The molecule has 0 aliphatic heterocycles. The minimum absolute atomic E-state index is 0.236. The first kappa shape index (κ1) is 9.86. The fourth-order valence-corrected chi connectivity index (χ4v) is 1.55. The third-order valence-corrected chi connectivity index (χ3v) is 2.36. The molecule has 1 aromatic carbocycles. The topological polar surface area (TPSA) is 90.7 Å². The van der Waals surface area contributed by atoms with Crippen molar-refractivity contribution in [1.82, 2.24) is 20.2 Å². The van der Waals surface area contributed by atoms with Crippen LogP contribution < -0.4 is 5.73 Å². The van der Waals surface area contributed by atoms with E-state index in [0.29, 0.717) is 11.8 Å². The van der Waals surface area contributed by atoms with E-state index in [4.69, 9.17) is 10.2 Å². The second-order valence-electron chi connectivity index (χ2n) is 3.46. The van der Waals surface area contributed by atoms with E-state index in [2.05, 4.69) is 20.2 Å². The summed E-state index contributed by atoms with van der Waals surface area (Å²) < 4.78 is 5.37. The first-order valence-corrected chi connectivity index (χ1v) is 5.10. The number of rotatable bonds is 2. The Labute approximate surface area is 96.5 Å². The third kappa shape index (κ3) is 1.74. The van der Waals surface area contributed by atoms with Gasteiger partial charge in [-0.3, -0.25) is 9.97 Å². The largest absolute Gasteiger partial charge is 0.419 e. The zero-order valence-electron chi connectivity index (χ0n) is 8.87. The average Bonchev–Trinajstić information content (AvgIpc) is 2.87. The van der Waals surface area contributed by atoms with Gasteiger partial charge in [-0.25, -0.2) is 0 Å². The van der Waals surface area contributed by atoms with Crippen LogP contribution in [0.2, 0.25) is 0 Å². The van der Waals surface area contributed by atoms with Crippen molar-refractivity contribution in [3.63, 3.8) is 0 Å². The van der Waals surface area contributed by atoms with E-state index >= 15 is 0 Å². The summed E-state index contributed by atoms with van der Waals surface area (Å²) in [6.07, 6.45) is 3.30. The van der Waals surface area contributed by atoms with Gasteiger partial charge in [0.25, 0.3) is 0 Å². The van der Waals surface area contributed by atoms with Crippen LogP contribution in [0.4, 0.5) is 0 Å². The van der Waals surface area contributed by atoms with Crippen LogP contribution in [0.1, 0.15) is 5.89 Å². The van der Waals surface area contributed by atoms with Gasteiger partial charge in [-0.2, -0.15) is 0 Å². The van der Waals surface area contributed by atoms with Gasteiger partial charge >= 0.3 is 0 Å². The van der Waals surface area contributed by atoms with Gasteiger partial charge in [0.15, 0.2) is 0 Å². The van der Waals surface area contributed by atoms with Gasteiger partial charge in [0.2, 0.25) is 11.8 Å². The number of aromatic nitrogens is 4. The number of hydrogen-bond donors (Lipinski definition) is 1. The highest BCUT2D eigenvalue weighted by Gasteiger charge is 2.08. The predicted molar refractivity (Wildman–Crippen MR) is 60.7 cm³/mol. The van der Waals surface area contributed by atoms with E-state index in [0.717, 1.165) is 16.6 Å². The summed E-state index contributed by atoms with van der Waals surface area (Å²) >= 11 is 0. The Kier molecular flexibility index (Phi) is 2.27. The van der Waals surface area contributed by atoms with E-state index in [1.165, 1.54) is 0 Å². The molecule has 0 spiro atoms. The molecule has 0 atom stereocenters. The van der Waals surface area contributed by atoms with Crippen molar-refractivity contribution in [3.05, 3.63) is 36.5 Å². The van der Waals surface area contributed by atoms with Gasteiger partial charge in [0, 0.05) is 18.0 Å². The SMILES string of the molecule is NCc1nnc(-c2ccc3nccnc3c2)o1. The van der Waals surface area contributed by atoms with Crippen LogP contribution in [0, 0.1) is 0 Å². The van der Waals surface area contributed by atoms with Crippen LogP contribution in [0.5, 0.6) is 0 Å². The summed E-state index contributed by atoms with van der Waals surface area (Å²) in [5.74, 6) is 0.859. The zero-order chi connectivity index (χ0) is 11.7. The van der Waals surface area contributed by atoms with Crippen molar-refractivity contribution < 1.29 is 4.42 Å². The molecule has 0 bridgehead atoms. The normalized spacial score (nSPS) is 10.9. The highest BCUT2D eigenvalue weighted by Crippen LogP contribution is 2.21. The number of nitrogens with zero attached hydrogens (tertiary/aromatic N) is 4. The quantitative estimate of drug-likeness (QED) is 0.705. The van der Waals surface area contributed by atoms with E-state index in [1.54, 1.807) is 12.4 Å². The Bertz CT molecular complexity index is 664. The number of fused-ring (bicyclic) bond motifs is 1. The van der Waals surface area contributed by atoms with Crippen LogP contribution >= 0.6 is 0 Å². The lowest BCUT2D eigenvalue weighted by Gasteiger charge is -1.97. The number of hydrogen-bond acceptors (Lipinski definition) is 6. The lowest BCUT2D eigenvalue weighted by atomic mass is 10.2. The maximum absolute atomic E-state index is 5.41. The molecular weight excluding hydrogens is 218 g/mol. The standard InChI is InChI=1S/C11H9N5O/c12-6-10-15-16-11(17-10)7-1-2-8-9(5-7)14-4-3-13-8/h1-5H,6,12H2. The maximum atomic E-state index is 5.41. The molecule has 2 N–H and O–H groups in total. The minimum Gasteiger partial charge on any atom is -0.419 e. The third-order valence-electron chi connectivity index (χ3n) is 2.36. The molecule has 84 valence electrons. The van der Waals surface area contributed by atoms with E-state index in [-0.39, 0.29) is 6.54 Å². The predicted octanol–water partition coefficient (Wildman–Crippen LogP) is 1.14. The van der Waals surface area contributed by atoms with Crippen molar-refractivity contribution in [2.75, 3.05) is 0 Å². The van der Waals surface area contributed by atoms with E-state index in [1.807, 2.05) is 18.2 Å². The monoisotopic (exact) mass is 227 g/mol. The van der Waals surface area contributed by atoms with Crippen molar-refractivity contribution in [1.29, 1.82) is 0 Å². The molecule has 2 heterocycles. The van der Waals surface area contributed by atoms with Gasteiger partial charge < -0.3 is 10.2 Å². The maximum Gasteiger partial charge on any atom is 0.247 e. The van der Waals surface area contributed by atoms with Gasteiger partial charge in [0.1, 0.15) is 0 Å². The smallest absolute Gasteiger partial charge is 0.247 e. The molecule has 3 aromatic rings. The Morgan fingerprint density at radius 1 is 1.06 bits per heavy atom. The van der Waals surface area contributed by atoms with E-state index < -0.39 is 0 Å². The molecule has 6 nitrogen and oxygen atoms in total. The molecule has 0 radical (unpaired) electrons. The minimum atomic E-state index is 0.236. The molecule has 0 saturated carbocycles. The summed E-state index contributed by atoms with van der Waals surface area (Å²) in [6, 6.07) is 5.59. The highest BCUT2D eigenvalue weighted by atomic mass is 16.4. The van der Waals surface area contributed by atoms with Gasteiger partial charge in [-0.1, -0.05) is 0 Å². The van der Waals surface area contributed by atoms with Crippen molar-refractivity contribution in [2.24, 2.45) is 5.73 Å². The zero-order valence-corrected chi connectivity index (χ0v) is 8.87. The second kappa shape index (κ2) is 3.91. The first-order valence-electron chi connectivity index (χ1n) is 5.10. The first-order chi connectivity index (χ1) is 8.36. The Hall–Kier alpha value is -2.34.